The minimum absolute atomic E-state index is 0.224. The first-order valence-corrected chi connectivity index (χ1v) is 11.7. The van der Waals surface area contributed by atoms with E-state index in [-0.39, 0.29) is 12.2 Å². The number of carbonyl (C=O) groups is 1. The highest BCUT2D eigenvalue weighted by Gasteiger charge is 2.33. The third-order valence-corrected chi connectivity index (χ3v) is 6.66. The summed E-state index contributed by atoms with van der Waals surface area (Å²) in [4.78, 5) is 31.7. The van der Waals surface area contributed by atoms with E-state index in [1.165, 1.54) is 11.3 Å². The summed E-state index contributed by atoms with van der Waals surface area (Å²) in [5.41, 5.74) is 3.28. The van der Waals surface area contributed by atoms with Crippen LogP contribution in [-0.4, -0.2) is 31.4 Å². The van der Waals surface area contributed by atoms with Crippen LogP contribution in [0.5, 0.6) is 11.5 Å². The molecular weight excluding hydrogens is 452 g/mol. The van der Waals surface area contributed by atoms with Gasteiger partial charge in [0.15, 0.2) is 4.80 Å². The quantitative estimate of drug-likeness (QED) is 0.509. The maximum Gasteiger partial charge on any atom is 0.338 e. The molecule has 8 heteroatoms. The summed E-state index contributed by atoms with van der Waals surface area (Å²) in [5, 5.41) is 0. The molecule has 2 heterocycles. The molecule has 0 radical (unpaired) electrons. The molecule has 1 aliphatic rings. The lowest BCUT2D eigenvalue weighted by Gasteiger charge is -2.24. The molecule has 34 heavy (non-hydrogen) atoms. The molecule has 1 atom stereocenters. The molecule has 0 saturated heterocycles. The Hall–Kier alpha value is -3.65. The summed E-state index contributed by atoms with van der Waals surface area (Å²) in [5.74, 6) is 0.947. The van der Waals surface area contributed by atoms with Crippen molar-refractivity contribution in [1.29, 1.82) is 0 Å². The van der Waals surface area contributed by atoms with Crippen molar-refractivity contribution in [1.82, 2.24) is 4.57 Å². The van der Waals surface area contributed by atoms with Crippen LogP contribution in [0.15, 0.2) is 63.5 Å². The van der Waals surface area contributed by atoms with Crippen molar-refractivity contribution in [2.45, 2.75) is 26.8 Å². The maximum atomic E-state index is 13.6. The van der Waals surface area contributed by atoms with Gasteiger partial charge in [-0.25, -0.2) is 9.79 Å². The third kappa shape index (κ3) is 4.28. The third-order valence-electron chi connectivity index (χ3n) is 5.68. The summed E-state index contributed by atoms with van der Waals surface area (Å²) >= 11 is 1.29. The van der Waals surface area contributed by atoms with E-state index in [2.05, 4.69) is 4.99 Å². The van der Waals surface area contributed by atoms with Gasteiger partial charge in [-0.05, 0) is 61.7 Å². The molecule has 1 unspecified atom stereocenters. The molecule has 1 aliphatic heterocycles. The fraction of sp³-hybridized carbons (Fsp3) is 0.269. The van der Waals surface area contributed by atoms with Crippen molar-refractivity contribution in [2.24, 2.45) is 4.99 Å². The standard InChI is InChI=1S/C26H26N2O5S/c1-6-33-25(30)22-16(3)27-26-28(23(22)18-9-11-19(31-4)12-10-18)24(29)21(34-26)14-17-8-7-15(2)20(13-17)32-5/h7-14,23H,6H2,1-5H3/b21-14+. The van der Waals surface area contributed by atoms with Crippen LogP contribution < -0.4 is 24.4 Å². The largest absolute Gasteiger partial charge is 0.497 e. The highest BCUT2D eigenvalue weighted by atomic mass is 32.1. The molecule has 1 aromatic heterocycles. The Kier molecular flexibility index (Phi) is 6.70. The van der Waals surface area contributed by atoms with E-state index in [4.69, 9.17) is 14.2 Å². The van der Waals surface area contributed by atoms with Gasteiger partial charge in [0.25, 0.3) is 5.56 Å². The first-order chi connectivity index (χ1) is 16.4. The Labute approximate surface area is 201 Å². The molecule has 0 saturated carbocycles. The lowest BCUT2D eigenvalue weighted by Crippen LogP contribution is -2.39. The summed E-state index contributed by atoms with van der Waals surface area (Å²) in [7, 11) is 3.21. The molecular formula is C26H26N2O5S. The molecule has 0 N–H and O–H groups in total. The normalized spacial score (nSPS) is 15.6. The van der Waals surface area contributed by atoms with Crippen molar-refractivity contribution in [3.05, 3.63) is 90.1 Å². The summed E-state index contributed by atoms with van der Waals surface area (Å²) in [6, 6.07) is 12.4. The first-order valence-electron chi connectivity index (χ1n) is 10.9. The number of hydrogen-bond acceptors (Lipinski definition) is 7. The topological polar surface area (TPSA) is 79.1 Å². The fourth-order valence-corrected chi connectivity index (χ4v) is 5.02. The minimum Gasteiger partial charge on any atom is -0.497 e. The van der Waals surface area contributed by atoms with Gasteiger partial charge in [-0.3, -0.25) is 9.36 Å². The van der Waals surface area contributed by atoms with Crippen molar-refractivity contribution in [2.75, 3.05) is 20.8 Å². The smallest absolute Gasteiger partial charge is 0.338 e. The molecule has 2 aromatic carbocycles. The van der Waals surface area contributed by atoms with Crippen LogP contribution in [0.25, 0.3) is 6.08 Å². The van der Waals surface area contributed by atoms with E-state index in [0.717, 1.165) is 22.4 Å². The van der Waals surface area contributed by atoms with Crippen LogP contribution >= 0.6 is 11.3 Å². The van der Waals surface area contributed by atoms with Crippen molar-refractivity contribution < 1.29 is 19.0 Å². The average molecular weight is 479 g/mol. The van der Waals surface area contributed by atoms with Crippen LogP contribution in [0.3, 0.4) is 0 Å². The molecule has 7 nitrogen and oxygen atoms in total. The average Bonchev–Trinajstić information content (AvgIpc) is 3.13. The first kappa shape index (κ1) is 23.5. The summed E-state index contributed by atoms with van der Waals surface area (Å²) in [6.45, 7) is 5.71. The molecule has 0 fully saturated rings. The second-order valence-electron chi connectivity index (χ2n) is 7.80. The number of benzene rings is 2. The number of nitrogens with zero attached hydrogens (tertiary/aromatic N) is 2. The van der Waals surface area contributed by atoms with E-state index in [1.807, 2.05) is 55.5 Å². The number of aromatic nitrogens is 1. The lowest BCUT2D eigenvalue weighted by molar-refractivity contribution is -0.139. The van der Waals surface area contributed by atoms with Gasteiger partial charge in [0, 0.05) is 0 Å². The number of ether oxygens (including phenoxy) is 3. The van der Waals surface area contributed by atoms with E-state index in [9.17, 15) is 9.59 Å². The molecule has 3 aromatic rings. The second-order valence-corrected chi connectivity index (χ2v) is 8.81. The number of rotatable bonds is 6. The van der Waals surface area contributed by atoms with E-state index in [0.29, 0.717) is 26.4 Å². The van der Waals surface area contributed by atoms with Crippen LogP contribution in [0.4, 0.5) is 0 Å². The van der Waals surface area contributed by atoms with Crippen molar-refractivity contribution >= 4 is 23.4 Å². The number of thiazole rings is 1. The Morgan fingerprint density at radius 1 is 1.12 bits per heavy atom. The number of fused-ring (bicyclic) bond motifs is 1. The van der Waals surface area contributed by atoms with Crippen molar-refractivity contribution in [3.8, 4) is 11.5 Å². The Bertz CT molecular complexity index is 1450. The SMILES string of the molecule is CCOC(=O)C1=C(C)N=c2s/c(=C/c3ccc(C)c(OC)c3)c(=O)n2C1c1ccc(OC)cc1. The molecule has 0 bridgehead atoms. The number of carbonyl (C=O) groups excluding carboxylic acids is 1. The van der Waals surface area contributed by atoms with E-state index in [1.54, 1.807) is 32.6 Å². The number of esters is 1. The zero-order valence-corrected chi connectivity index (χ0v) is 20.6. The second kappa shape index (κ2) is 9.69. The highest BCUT2D eigenvalue weighted by molar-refractivity contribution is 7.07. The van der Waals surface area contributed by atoms with Gasteiger partial charge in [-0.1, -0.05) is 35.6 Å². The maximum absolute atomic E-state index is 13.6. The van der Waals surface area contributed by atoms with Gasteiger partial charge in [0.05, 0.1) is 42.7 Å². The van der Waals surface area contributed by atoms with Crippen LogP contribution in [0.1, 0.15) is 36.6 Å². The number of allylic oxidation sites excluding steroid dienone is 1. The predicted molar refractivity (Wildman–Crippen MR) is 131 cm³/mol. The Morgan fingerprint density at radius 3 is 2.50 bits per heavy atom. The zero-order valence-electron chi connectivity index (χ0n) is 19.7. The van der Waals surface area contributed by atoms with Crippen LogP contribution in [-0.2, 0) is 9.53 Å². The molecule has 0 spiro atoms. The summed E-state index contributed by atoms with van der Waals surface area (Å²) in [6.07, 6.45) is 1.82. The molecule has 176 valence electrons. The summed E-state index contributed by atoms with van der Waals surface area (Å²) < 4.78 is 18.1. The zero-order chi connectivity index (χ0) is 24.4. The fourth-order valence-electron chi connectivity index (χ4n) is 3.97. The van der Waals surface area contributed by atoms with Gasteiger partial charge in [-0.15, -0.1) is 0 Å². The van der Waals surface area contributed by atoms with Gasteiger partial charge >= 0.3 is 5.97 Å². The molecule has 0 aliphatic carbocycles. The van der Waals surface area contributed by atoms with Crippen LogP contribution in [0, 0.1) is 6.92 Å². The Balaban J connectivity index is 1.93. The van der Waals surface area contributed by atoms with Gasteiger partial charge in [0.1, 0.15) is 11.5 Å². The monoisotopic (exact) mass is 478 g/mol. The van der Waals surface area contributed by atoms with Gasteiger partial charge in [-0.2, -0.15) is 0 Å². The highest BCUT2D eigenvalue weighted by Crippen LogP contribution is 2.31. The lowest BCUT2D eigenvalue weighted by atomic mass is 9.96. The van der Waals surface area contributed by atoms with Gasteiger partial charge in [0.2, 0.25) is 0 Å². The van der Waals surface area contributed by atoms with E-state index < -0.39 is 12.0 Å². The Morgan fingerprint density at radius 2 is 1.85 bits per heavy atom. The predicted octanol–water partition coefficient (Wildman–Crippen LogP) is 3.12. The van der Waals surface area contributed by atoms with Crippen LogP contribution in [0.2, 0.25) is 0 Å². The number of methoxy groups -OCH3 is 2. The minimum atomic E-state index is -0.657. The molecule has 0 amide bonds. The number of aryl methyl sites for hydroxylation is 1. The number of hydrogen-bond donors (Lipinski definition) is 0. The van der Waals surface area contributed by atoms with Gasteiger partial charge < -0.3 is 14.2 Å². The van der Waals surface area contributed by atoms with E-state index >= 15 is 0 Å². The molecule has 4 rings (SSSR count). The van der Waals surface area contributed by atoms with Crippen molar-refractivity contribution in [3.63, 3.8) is 0 Å².